The molecule has 0 spiro atoms. The standard InChI is InChI=1S/C35H58N10O9/c1-18(2)14-24(31(50)41-23(12-9-13-40-35(38)39)30(49)44-26(34(53)54)16-27(37)47)42-32(51)25(15-19(3)4)43-33(52)28(45-29(48)22(36)17-46)20(5)21-10-7-6-8-11-21/h6-8,10-11,18-20,22-26,28,46H,9,12-17,36H2,1-5H3,(H2,37,47)(H,41,50)(H,42,51)(H,43,52)(H,44,49)(H,45,48)(H,53,54)(H4,38,39,40)/t20?,22-,23-,24-,25-,26-,28-/m0/s1. The summed E-state index contributed by atoms with van der Waals surface area (Å²) in [5.41, 5.74) is 22.3. The van der Waals surface area contributed by atoms with Gasteiger partial charge in [-0.3, -0.25) is 33.8 Å². The summed E-state index contributed by atoms with van der Waals surface area (Å²) in [6, 6.07) is 0.926. The molecule has 0 aliphatic rings. The fraction of sp³-hybridized carbons (Fsp3) is 0.600. The number of amides is 6. The Morgan fingerprint density at radius 1 is 0.685 bits per heavy atom. The maximum Gasteiger partial charge on any atom is 0.326 e. The lowest BCUT2D eigenvalue weighted by Gasteiger charge is -2.30. The minimum Gasteiger partial charge on any atom is -0.480 e. The van der Waals surface area contributed by atoms with E-state index in [0.29, 0.717) is 5.56 Å². The van der Waals surface area contributed by atoms with Crippen LogP contribution in [0.3, 0.4) is 0 Å². The van der Waals surface area contributed by atoms with E-state index in [1.807, 2.05) is 13.8 Å². The highest BCUT2D eigenvalue weighted by Gasteiger charge is 2.35. The van der Waals surface area contributed by atoms with E-state index in [1.54, 1.807) is 51.1 Å². The van der Waals surface area contributed by atoms with Crippen molar-refractivity contribution in [2.45, 2.75) is 109 Å². The highest BCUT2D eigenvalue weighted by molar-refractivity contribution is 5.97. The molecule has 0 radical (unpaired) electrons. The maximum absolute atomic E-state index is 13.9. The largest absolute Gasteiger partial charge is 0.480 e. The molecule has 0 fully saturated rings. The van der Waals surface area contributed by atoms with Gasteiger partial charge in [-0.1, -0.05) is 65.0 Å². The summed E-state index contributed by atoms with van der Waals surface area (Å²) in [6.45, 7) is 8.37. The molecule has 7 atom stereocenters. The first kappa shape index (κ1) is 46.7. The van der Waals surface area contributed by atoms with Crippen LogP contribution in [-0.4, -0.2) is 107 Å². The van der Waals surface area contributed by atoms with Crippen molar-refractivity contribution in [3.05, 3.63) is 35.9 Å². The number of aliphatic hydroxyl groups excluding tert-OH is 1. The normalized spacial score (nSPS) is 15.0. The van der Waals surface area contributed by atoms with Crippen molar-refractivity contribution >= 4 is 47.4 Å². The molecule has 6 amide bonds. The molecule has 0 bridgehead atoms. The number of aliphatic carboxylic acids is 1. The van der Waals surface area contributed by atoms with E-state index in [9.17, 15) is 43.8 Å². The zero-order valence-electron chi connectivity index (χ0n) is 31.5. The molecule has 0 aliphatic heterocycles. The van der Waals surface area contributed by atoms with Crippen molar-refractivity contribution in [1.82, 2.24) is 26.6 Å². The summed E-state index contributed by atoms with van der Waals surface area (Å²) >= 11 is 0. The smallest absolute Gasteiger partial charge is 0.326 e. The lowest BCUT2D eigenvalue weighted by molar-refractivity contribution is -0.143. The van der Waals surface area contributed by atoms with Crippen LogP contribution in [0.15, 0.2) is 35.3 Å². The van der Waals surface area contributed by atoms with Gasteiger partial charge in [-0.25, -0.2) is 4.79 Å². The second-order valence-electron chi connectivity index (χ2n) is 13.9. The molecule has 1 aromatic carbocycles. The number of carboxylic acid groups (broad SMARTS) is 1. The van der Waals surface area contributed by atoms with Crippen molar-refractivity contribution in [3.8, 4) is 0 Å². The first-order chi connectivity index (χ1) is 25.3. The fourth-order valence-electron chi connectivity index (χ4n) is 5.37. The predicted octanol–water partition coefficient (Wildman–Crippen LogP) is -2.36. The van der Waals surface area contributed by atoms with E-state index in [-0.39, 0.29) is 50.0 Å². The zero-order chi connectivity index (χ0) is 41.1. The average Bonchev–Trinajstić information content (AvgIpc) is 3.09. The molecule has 0 aromatic heterocycles. The third-order valence-electron chi connectivity index (χ3n) is 8.22. The Hall–Kier alpha value is -5.30. The molecule has 54 heavy (non-hydrogen) atoms. The van der Waals surface area contributed by atoms with Crippen molar-refractivity contribution < 1.29 is 43.8 Å². The van der Waals surface area contributed by atoms with Gasteiger partial charge >= 0.3 is 5.97 Å². The molecular formula is C35H58N10O9. The van der Waals surface area contributed by atoms with Gasteiger partial charge in [0, 0.05) is 12.5 Å². The van der Waals surface area contributed by atoms with Crippen LogP contribution in [-0.2, 0) is 33.6 Å². The Kier molecular flexibility index (Phi) is 20.2. The van der Waals surface area contributed by atoms with Gasteiger partial charge in [-0.15, -0.1) is 0 Å². The molecule has 0 saturated heterocycles. The van der Waals surface area contributed by atoms with Gasteiger partial charge in [0.1, 0.15) is 36.3 Å². The zero-order valence-corrected chi connectivity index (χ0v) is 31.5. The number of nitrogens with zero attached hydrogens (tertiary/aromatic N) is 1. The van der Waals surface area contributed by atoms with Gasteiger partial charge in [-0.05, 0) is 43.1 Å². The number of carbonyl (C=O) groups excluding carboxylic acids is 6. The number of benzene rings is 1. The van der Waals surface area contributed by atoms with E-state index in [0.717, 1.165) is 0 Å². The number of carboxylic acids is 1. The summed E-state index contributed by atoms with van der Waals surface area (Å²) in [4.78, 5) is 94.5. The average molecular weight is 763 g/mol. The van der Waals surface area contributed by atoms with Crippen LogP contribution in [0, 0.1) is 11.8 Å². The summed E-state index contributed by atoms with van der Waals surface area (Å²) in [6.07, 6.45) is -0.345. The van der Waals surface area contributed by atoms with Crippen molar-refractivity contribution in [2.24, 2.45) is 39.8 Å². The number of hydrogen-bond acceptors (Lipinski definition) is 10. The SMILES string of the molecule is CC(C)C[C@H](NC(=O)[C@H](CC(C)C)NC(=O)[C@@H](NC(=O)[C@@H](N)CO)C(C)c1ccccc1)C(=O)N[C@@H](CCCN=C(N)N)C(=O)N[C@@H](CC(N)=O)C(=O)O. The molecular weight excluding hydrogens is 704 g/mol. The molecule has 302 valence electrons. The lowest BCUT2D eigenvalue weighted by atomic mass is 9.91. The molecule has 0 aliphatic carbocycles. The van der Waals surface area contributed by atoms with E-state index in [1.165, 1.54) is 0 Å². The van der Waals surface area contributed by atoms with Crippen LogP contribution in [0.5, 0.6) is 0 Å². The van der Waals surface area contributed by atoms with Crippen LogP contribution in [0.4, 0.5) is 0 Å². The van der Waals surface area contributed by atoms with Gasteiger partial charge in [0.05, 0.1) is 13.0 Å². The molecule has 1 rings (SSSR count). The Morgan fingerprint density at radius 3 is 1.63 bits per heavy atom. The molecule has 15 N–H and O–H groups in total. The molecule has 19 nitrogen and oxygen atoms in total. The van der Waals surface area contributed by atoms with Crippen molar-refractivity contribution in [1.29, 1.82) is 0 Å². The lowest BCUT2D eigenvalue weighted by Crippen LogP contribution is -2.60. The Bertz CT molecular complexity index is 1450. The number of hydrogen-bond donors (Lipinski definition) is 11. The van der Waals surface area contributed by atoms with E-state index >= 15 is 0 Å². The van der Waals surface area contributed by atoms with E-state index in [2.05, 4.69) is 31.6 Å². The summed E-state index contributed by atoms with van der Waals surface area (Å²) in [5, 5.41) is 31.7. The minimum atomic E-state index is -1.67. The quantitative estimate of drug-likeness (QED) is 0.0299. The molecule has 1 unspecified atom stereocenters. The van der Waals surface area contributed by atoms with Gasteiger partial charge in [-0.2, -0.15) is 0 Å². The van der Waals surface area contributed by atoms with Crippen LogP contribution < -0.4 is 49.5 Å². The molecule has 0 saturated carbocycles. The third kappa shape index (κ3) is 17.0. The van der Waals surface area contributed by atoms with Crippen molar-refractivity contribution in [3.63, 3.8) is 0 Å². The first-order valence-electron chi connectivity index (χ1n) is 17.8. The second-order valence-corrected chi connectivity index (χ2v) is 13.9. The number of aliphatic imine (C=N–C) groups is 1. The molecule has 19 heteroatoms. The number of guanidine groups is 1. The number of rotatable bonds is 24. The topological polar surface area (TPSA) is 337 Å². The second kappa shape index (κ2) is 23.4. The fourth-order valence-corrected chi connectivity index (χ4v) is 5.37. The summed E-state index contributed by atoms with van der Waals surface area (Å²) < 4.78 is 0. The van der Waals surface area contributed by atoms with E-state index in [4.69, 9.17) is 22.9 Å². The minimum absolute atomic E-state index is 0.0573. The monoisotopic (exact) mass is 762 g/mol. The van der Waals surface area contributed by atoms with Gasteiger partial charge in [0.25, 0.3) is 0 Å². The van der Waals surface area contributed by atoms with Crippen LogP contribution in [0.2, 0.25) is 0 Å². The summed E-state index contributed by atoms with van der Waals surface area (Å²) in [5.74, 6) is -7.49. The van der Waals surface area contributed by atoms with E-state index < -0.39 is 96.6 Å². The highest BCUT2D eigenvalue weighted by Crippen LogP contribution is 2.20. The Morgan fingerprint density at radius 2 is 1.17 bits per heavy atom. The number of nitrogens with one attached hydrogen (secondary N) is 5. The third-order valence-corrected chi connectivity index (χ3v) is 8.22. The Labute approximate surface area is 315 Å². The van der Waals surface area contributed by atoms with Crippen LogP contribution in [0.1, 0.15) is 78.2 Å². The number of carbonyl (C=O) groups is 7. The maximum atomic E-state index is 13.9. The van der Waals surface area contributed by atoms with Gasteiger partial charge in [0.2, 0.25) is 35.4 Å². The number of nitrogens with two attached hydrogens (primary N) is 4. The predicted molar refractivity (Wildman–Crippen MR) is 200 cm³/mol. The molecule has 0 heterocycles. The first-order valence-corrected chi connectivity index (χ1v) is 17.8. The van der Waals surface area contributed by atoms with Crippen molar-refractivity contribution in [2.75, 3.05) is 13.2 Å². The van der Waals surface area contributed by atoms with Crippen LogP contribution >= 0.6 is 0 Å². The number of primary amides is 1. The number of aliphatic hydroxyl groups is 1. The van der Waals surface area contributed by atoms with Gasteiger partial charge < -0.3 is 59.7 Å². The highest BCUT2D eigenvalue weighted by atomic mass is 16.4. The van der Waals surface area contributed by atoms with Gasteiger partial charge in [0.15, 0.2) is 5.96 Å². The Balaban J connectivity index is 3.39. The summed E-state index contributed by atoms with van der Waals surface area (Å²) in [7, 11) is 0. The molecule has 1 aromatic rings. The van der Waals surface area contributed by atoms with Crippen LogP contribution in [0.25, 0.3) is 0 Å².